The molecule has 0 amide bonds. The van der Waals surface area contributed by atoms with Crippen molar-refractivity contribution >= 4 is 11.8 Å². The van der Waals surface area contributed by atoms with Crippen LogP contribution in [0.25, 0.3) is 0 Å². The average Bonchev–Trinajstić information content (AvgIpc) is 2.17. The van der Waals surface area contributed by atoms with Gasteiger partial charge in [-0.05, 0) is 18.9 Å². The molecule has 0 bridgehead atoms. The highest BCUT2D eigenvalue weighted by molar-refractivity contribution is 5.37. The van der Waals surface area contributed by atoms with E-state index < -0.39 is 0 Å². The highest BCUT2D eigenvalue weighted by atomic mass is 15.1. The Labute approximate surface area is 83.9 Å². The van der Waals surface area contributed by atoms with Gasteiger partial charge in [0.1, 0.15) is 5.82 Å². The van der Waals surface area contributed by atoms with Crippen molar-refractivity contribution in [1.82, 2.24) is 9.97 Å². The molecule has 0 saturated heterocycles. The van der Waals surface area contributed by atoms with Gasteiger partial charge in [-0.25, -0.2) is 4.98 Å². The quantitative estimate of drug-likeness (QED) is 0.640. The zero-order valence-electron chi connectivity index (χ0n) is 8.40. The van der Waals surface area contributed by atoms with E-state index in [0.29, 0.717) is 0 Å². The number of nitrogens with two attached hydrogens (primary N) is 2. The van der Waals surface area contributed by atoms with Gasteiger partial charge in [-0.2, -0.15) is 4.98 Å². The predicted octanol–water partition coefficient (Wildman–Crippen LogP) is 0.598. The molecule has 5 heteroatoms. The number of hydrogen-bond acceptors (Lipinski definition) is 5. The summed E-state index contributed by atoms with van der Waals surface area (Å²) >= 11 is 0. The molecule has 14 heavy (non-hydrogen) atoms. The second kappa shape index (κ2) is 5.39. The lowest BCUT2D eigenvalue weighted by Crippen LogP contribution is -2.22. The number of nitrogens with zero attached hydrogens (tertiary/aromatic N) is 2. The molecule has 1 rings (SSSR count). The number of aromatic nitrogens is 2. The molecule has 5 N–H and O–H groups in total. The van der Waals surface area contributed by atoms with Crippen LogP contribution in [0.4, 0.5) is 11.8 Å². The molecule has 0 aromatic carbocycles. The van der Waals surface area contributed by atoms with Crippen LogP contribution in [0.3, 0.4) is 0 Å². The zero-order chi connectivity index (χ0) is 10.4. The Morgan fingerprint density at radius 3 is 3.00 bits per heavy atom. The van der Waals surface area contributed by atoms with Crippen molar-refractivity contribution in [3.63, 3.8) is 0 Å². The number of rotatable bonds is 5. The molecule has 0 saturated carbocycles. The maximum atomic E-state index is 5.77. The molecule has 1 heterocycles. The largest absolute Gasteiger partial charge is 0.370 e. The van der Waals surface area contributed by atoms with Crippen LogP contribution in [0.5, 0.6) is 0 Å². The van der Waals surface area contributed by atoms with E-state index in [9.17, 15) is 0 Å². The SMILES string of the molecule is CCC(N)CCNc1ccnc(N)n1. The van der Waals surface area contributed by atoms with Gasteiger partial charge in [0.05, 0.1) is 0 Å². The van der Waals surface area contributed by atoms with Crippen LogP contribution in [-0.4, -0.2) is 22.6 Å². The van der Waals surface area contributed by atoms with Gasteiger partial charge in [0.15, 0.2) is 0 Å². The maximum Gasteiger partial charge on any atom is 0.221 e. The third kappa shape index (κ3) is 3.57. The summed E-state index contributed by atoms with van der Waals surface area (Å²) < 4.78 is 0. The highest BCUT2D eigenvalue weighted by Gasteiger charge is 1.99. The van der Waals surface area contributed by atoms with Crippen LogP contribution in [0.2, 0.25) is 0 Å². The van der Waals surface area contributed by atoms with Gasteiger partial charge in [-0.15, -0.1) is 0 Å². The number of nitrogen functional groups attached to an aromatic ring is 1. The molecule has 1 atom stereocenters. The van der Waals surface area contributed by atoms with Crippen molar-refractivity contribution in [2.24, 2.45) is 5.73 Å². The molecule has 0 aliphatic heterocycles. The molecule has 1 unspecified atom stereocenters. The molecular formula is C9H17N5. The fourth-order valence-electron chi connectivity index (χ4n) is 1.06. The summed E-state index contributed by atoms with van der Waals surface area (Å²) in [6.07, 6.45) is 3.55. The first-order chi connectivity index (χ1) is 6.72. The van der Waals surface area contributed by atoms with Crippen molar-refractivity contribution in [3.8, 4) is 0 Å². The summed E-state index contributed by atoms with van der Waals surface area (Å²) in [5, 5.41) is 3.14. The molecular weight excluding hydrogens is 178 g/mol. The van der Waals surface area contributed by atoms with Gasteiger partial charge in [0.25, 0.3) is 0 Å². The molecule has 78 valence electrons. The minimum Gasteiger partial charge on any atom is -0.370 e. The predicted molar refractivity (Wildman–Crippen MR) is 57.8 cm³/mol. The third-order valence-electron chi connectivity index (χ3n) is 2.02. The molecule has 0 aliphatic carbocycles. The lowest BCUT2D eigenvalue weighted by atomic mass is 10.2. The first-order valence-corrected chi connectivity index (χ1v) is 4.80. The topological polar surface area (TPSA) is 89.8 Å². The Morgan fingerprint density at radius 1 is 1.57 bits per heavy atom. The van der Waals surface area contributed by atoms with Crippen molar-refractivity contribution in [1.29, 1.82) is 0 Å². The van der Waals surface area contributed by atoms with Gasteiger partial charge in [-0.1, -0.05) is 6.92 Å². The molecule has 1 aromatic rings. The van der Waals surface area contributed by atoms with Crippen molar-refractivity contribution in [3.05, 3.63) is 12.3 Å². The fourth-order valence-corrected chi connectivity index (χ4v) is 1.06. The summed E-state index contributed by atoms with van der Waals surface area (Å²) in [5.41, 5.74) is 11.2. The molecule has 0 spiro atoms. The summed E-state index contributed by atoms with van der Waals surface area (Å²) in [6, 6.07) is 2.04. The maximum absolute atomic E-state index is 5.77. The standard InChI is InChI=1S/C9H17N5/c1-2-7(10)3-5-12-8-4-6-13-9(11)14-8/h4,6-7H,2-3,5,10H2,1H3,(H3,11,12,13,14). The minimum atomic E-state index is 0.252. The summed E-state index contributed by atoms with van der Waals surface area (Å²) in [6.45, 7) is 2.89. The molecule has 5 nitrogen and oxygen atoms in total. The van der Waals surface area contributed by atoms with Crippen molar-refractivity contribution in [2.75, 3.05) is 17.6 Å². The lowest BCUT2D eigenvalue weighted by Gasteiger charge is -2.09. The number of nitrogens with one attached hydrogen (secondary N) is 1. The summed E-state index contributed by atoms with van der Waals surface area (Å²) in [7, 11) is 0. The molecule has 1 aromatic heterocycles. The van der Waals surface area contributed by atoms with Crippen LogP contribution in [-0.2, 0) is 0 Å². The van der Waals surface area contributed by atoms with E-state index >= 15 is 0 Å². The van der Waals surface area contributed by atoms with Gasteiger partial charge in [-0.3, -0.25) is 0 Å². The molecule has 0 aliphatic rings. The van der Waals surface area contributed by atoms with Crippen LogP contribution in [0.1, 0.15) is 19.8 Å². The van der Waals surface area contributed by atoms with E-state index in [2.05, 4.69) is 22.2 Å². The van der Waals surface area contributed by atoms with Crippen molar-refractivity contribution in [2.45, 2.75) is 25.8 Å². The number of anilines is 2. The van der Waals surface area contributed by atoms with Gasteiger partial charge < -0.3 is 16.8 Å². The second-order valence-electron chi connectivity index (χ2n) is 3.18. The van der Waals surface area contributed by atoms with Crippen LogP contribution < -0.4 is 16.8 Å². The van der Waals surface area contributed by atoms with E-state index in [1.807, 2.05) is 0 Å². The smallest absolute Gasteiger partial charge is 0.221 e. The monoisotopic (exact) mass is 195 g/mol. The summed E-state index contributed by atoms with van der Waals surface area (Å²) in [5.74, 6) is 1.04. The highest BCUT2D eigenvalue weighted by Crippen LogP contribution is 2.03. The number of hydrogen-bond donors (Lipinski definition) is 3. The van der Waals surface area contributed by atoms with E-state index in [0.717, 1.165) is 25.2 Å². The van der Waals surface area contributed by atoms with Gasteiger partial charge in [0, 0.05) is 18.8 Å². The normalized spacial score (nSPS) is 12.4. The Kier molecular flexibility index (Phi) is 4.12. The third-order valence-corrected chi connectivity index (χ3v) is 2.02. The Hall–Kier alpha value is -1.36. The minimum absolute atomic E-state index is 0.252. The fraction of sp³-hybridized carbons (Fsp3) is 0.556. The van der Waals surface area contributed by atoms with E-state index in [1.165, 1.54) is 0 Å². The van der Waals surface area contributed by atoms with E-state index in [1.54, 1.807) is 12.3 Å². The Bertz CT molecular complexity index is 276. The van der Waals surface area contributed by atoms with Crippen LogP contribution in [0.15, 0.2) is 12.3 Å². The molecule has 0 fully saturated rings. The van der Waals surface area contributed by atoms with Crippen molar-refractivity contribution < 1.29 is 0 Å². The zero-order valence-corrected chi connectivity index (χ0v) is 8.40. The van der Waals surface area contributed by atoms with Crippen LogP contribution in [0, 0.1) is 0 Å². The Balaban J connectivity index is 2.31. The molecule has 0 radical (unpaired) electrons. The van der Waals surface area contributed by atoms with Gasteiger partial charge >= 0.3 is 0 Å². The lowest BCUT2D eigenvalue weighted by molar-refractivity contribution is 0.613. The first kappa shape index (κ1) is 10.7. The average molecular weight is 195 g/mol. The van der Waals surface area contributed by atoms with Crippen LogP contribution >= 0.6 is 0 Å². The summed E-state index contributed by atoms with van der Waals surface area (Å²) in [4.78, 5) is 7.81. The van der Waals surface area contributed by atoms with E-state index in [-0.39, 0.29) is 12.0 Å². The Morgan fingerprint density at radius 2 is 2.36 bits per heavy atom. The van der Waals surface area contributed by atoms with E-state index in [4.69, 9.17) is 11.5 Å². The van der Waals surface area contributed by atoms with Gasteiger partial charge in [0.2, 0.25) is 5.95 Å². The second-order valence-corrected chi connectivity index (χ2v) is 3.18. The first-order valence-electron chi connectivity index (χ1n) is 4.80.